The summed E-state index contributed by atoms with van der Waals surface area (Å²) in [5, 5.41) is 6.09. The minimum Gasteiger partial charge on any atom is -0.294 e. The van der Waals surface area contributed by atoms with Gasteiger partial charge in [-0.25, -0.2) is 0 Å². The SMILES string of the molecule is CCCS(N)(CC)CC. The normalized spacial score (nSPS) is 13.8. The molecular formula is C7H19NS. The molecule has 0 aliphatic heterocycles. The Labute approximate surface area is 60.5 Å². The second-order valence-electron chi connectivity index (χ2n) is 2.39. The van der Waals surface area contributed by atoms with Crippen molar-refractivity contribution in [2.24, 2.45) is 5.14 Å². The second-order valence-corrected chi connectivity index (χ2v) is 6.18. The van der Waals surface area contributed by atoms with Crippen LogP contribution in [0.15, 0.2) is 0 Å². The molecule has 0 radical (unpaired) electrons. The molecule has 0 unspecified atom stereocenters. The van der Waals surface area contributed by atoms with Crippen molar-refractivity contribution in [3.8, 4) is 0 Å². The van der Waals surface area contributed by atoms with Crippen molar-refractivity contribution in [2.75, 3.05) is 17.3 Å². The lowest BCUT2D eigenvalue weighted by atomic mass is 10.6. The Morgan fingerprint density at radius 1 is 1.11 bits per heavy atom. The van der Waals surface area contributed by atoms with Crippen LogP contribution in [0.5, 0.6) is 0 Å². The predicted octanol–water partition coefficient (Wildman–Crippen LogP) is 2.11. The van der Waals surface area contributed by atoms with Crippen LogP contribution in [-0.2, 0) is 0 Å². The molecule has 0 atom stereocenters. The number of rotatable bonds is 4. The summed E-state index contributed by atoms with van der Waals surface area (Å²) in [6.45, 7) is 6.61. The standard InChI is InChI=1S/C7H19NS/c1-4-7-9(8,5-2)6-3/h4-8H2,1-3H3. The van der Waals surface area contributed by atoms with Crippen LogP contribution in [0.3, 0.4) is 0 Å². The van der Waals surface area contributed by atoms with Gasteiger partial charge in [-0.3, -0.25) is 5.14 Å². The van der Waals surface area contributed by atoms with Gasteiger partial charge >= 0.3 is 0 Å². The van der Waals surface area contributed by atoms with Gasteiger partial charge in [0, 0.05) is 0 Å². The van der Waals surface area contributed by atoms with E-state index in [1.807, 2.05) is 0 Å². The third-order valence-electron chi connectivity index (χ3n) is 1.76. The van der Waals surface area contributed by atoms with Crippen LogP contribution in [0.25, 0.3) is 0 Å². The Bertz CT molecular complexity index is 69.3. The molecule has 2 heteroatoms. The highest BCUT2D eigenvalue weighted by Gasteiger charge is 2.10. The molecular weight excluding hydrogens is 130 g/mol. The fourth-order valence-electron chi connectivity index (χ4n) is 0.899. The summed E-state index contributed by atoms with van der Waals surface area (Å²) in [5.74, 6) is 3.63. The lowest BCUT2D eigenvalue weighted by Gasteiger charge is -2.32. The van der Waals surface area contributed by atoms with Crippen molar-refractivity contribution >= 4 is 10.2 Å². The van der Waals surface area contributed by atoms with Gasteiger partial charge in [-0.05, 0) is 23.7 Å². The van der Waals surface area contributed by atoms with Gasteiger partial charge in [-0.2, -0.15) is 10.2 Å². The fourth-order valence-corrected chi connectivity index (χ4v) is 2.70. The van der Waals surface area contributed by atoms with Gasteiger partial charge < -0.3 is 0 Å². The van der Waals surface area contributed by atoms with Gasteiger partial charge in [-0.15, -0.1) is 0 Å². The van der Waals surface area contributed by atoms with Crippen molar-refractivity contribution in [1.82, 2.24) is 0 Å². The van der Waals surface area contributed by atoms with Crippen LogP contribution in [0.1, 0.15) is 27.2 Å². The average molecular weight is 149 g/mol. The van der Waals surface area contributed by atoms with Gasteiger partial charge in [-0.1, -0.05) is 20.8 Å². The van der Waals surface area contributed by atoms with E-state index in [1.165, 1.54) is 23.7 Å². The van der Waals surface area contributed by atoms with Crippen LogP contribution in [0, 0.1) is 0 Å². The largest absolute Gasteiger partial charge is 0.294 e. The van der Waals surface area contributed by atoms with Gasteiger partial charge in [0.05, 0.1) is 0 Å². The molecule has 0 saturated carbocycles. The summed E-state index contributed by atoms with van der Waals surface area (Å²) in [6, 6.07) is 0. The molecule has 0 rings (SSSR count). The average Bonchev–Trinajstić information content (AvgIpc) is 1.89. The van der Waals surface area contributed by atoms with E-state index in [9.17, 15) is 0 Å². The molecule has 0 aromatic heterocycles. The lowest BCUT2D eigenvalue weighted by Crippen LogP contribution is -2.18. The minimum absolute atomic E-state index is 0.665. The first kappa shape index (κ1) is 9.31. The lowest BCUT2D eigenvalue weighted by molar-refractivity contribution is 1.08. The first-order valence-electron chi connectivity index (χ1n) is 3.72. The van der Waals surface area contributed by atoms with Crippen LogP contribution in [0.2, 0.25) is 0 Å². The predicted molar refractivity (Wildman–Crippen MR) is 48.0 cm³/mol. The summed E-state index contributed by atoms with van der Waals surface area (Å²) in [5.41, 5.74) is 0. The quantitative estimate of drug-likeness (QED) is 0.651. The molecule has 0 saturated heterocycles. The highest BCUT2D eigenvalue weighted by atomic mass is 32.3. The van der Waals surface area contributed by atoms with E-state index < -0.39 is 10.2 Å². The Hall–Kier alpha value is 0.310. The van der Waals surface area contributed by atoms with E-state index in [2.05, 4.69) is 20.8 Å². The molecule has 1 nitrogen and oxygen atoms in total. The molecule has 0 amide bonds. The van der Waals surface area contributed by atoms with Gasteiger partial charge in [0.1, 0.15) is 0 Å². The summed E-state index contributed by atoms with van der Waals surface area (Å²) in [6.07, 6.45) is 1.24. The van der Waals surface area contributed by atoms with E-state index in [-0.39, 0.29) is 0 Å². The third kappa shape index (κ3) is 3.11. The van der Waals surface area contributed by atoms with E-state index >= 15 is 0 Å². The molecule has 0 spiro atoms. The first-order chi connectivity index (χ1) is 4.18. The summed E-state index contributed by atoms with van der Waals surface area (Å²) in [7, 11) is -0.665. The minimum atomic E-state index is -0.665. The van der Waals surface area contributed by atoms with Gasteiger partial charge in [0.2, 0.25) is 0 Å². The molecule has 0 fully saturated rings. The Morgan fingerprint density at radius 2 is 1.56 bits per heavy atom. The molecule has 0 aromatic rings. The highest BCUT2D eigenvalue weighted by Crippen LogP contribution is 2.38. The number of hydrogen-bond donors (Lipinski definition) is 1. The second kappa shape index (κ2) is 4.18. The maximum absolute atomic E-state index is 6.09. The number of hydrogen-bond acceptors (Lipinski definition) is 1. The third-order valence-corrected chi connectivity index (χ3v) is 5.28. The molecule has 0 aliphatic carbocycles. The Balaban J connectivity index is 3.62. The highest BCUT2D eigenvalue weighted by molar-refractivity contribution is 8.31. The zero-order valence-corrected chi connectivity index (χ0v) is 7.63. The maximum atomic E-state index is 6.09. The van der Waals surface area contributed by atoms with Gasteiger partial charge in [0.25, 0.3) is 0 Å². The van der Waals surface area contributed by atoms with Crippen LogP contribution in [0.4, 0.5) is 0 Å². The summed E-state index contributed by atoms with van der Waals surface area (Å²) < 4.78 is 0. The number of nitrogens with two attached hydrogens (primary N) is 1. The van der Waals surface area contributed by atoms with Crippen molar-refractivity contribution in [1.29, 1.82) is 0 Å². The molecule has 0 bridgehead atoms. The fraction of sp³-hybridized carbons (Fsp3) is 1.00. The van der Waals surface area contributed by atoms with E-state index in [4.69, 9.17) is 5.14 Å². The summed E-state index contributed by atoms with van der Waals surface area (Å²) in [4.78, 5) is 0. The molecule has 0 aliphatic rings. The topological polar surface area (TPSA) is 26.0 Å². The van der Waals surface area contributed by atoms with E-state index in [1.54, 1.807) is 0 Å². The molecule has 0 aromatic carbocycles. The van der Waals surface area contributed by atoms with Crippen molar-refractivity contribution in [3.05, 3.63) is 0 Å². The molecule has 9 heavy (non-hydrogen) atoms. The molecule has 2 N–H and O–H groups in total. The Morgan fingerprint density at radius 3 is 1.67 bits per heavy atom. The van der Waals surface area contributed by atoms with Crippen LogP contribution >= 0.6 is 10.2 Å². The van der Waals surface area contributed by atoms with Crippen molar-refractivity contribution in [2.45, 2.75) is 27.2 Å². The van der Waals surface area contributed by atoms with Crippen LogP contribution in [-0.4, -0.2) is 17.3 Å². The maximum Gasteiger partial charge on any atom is -0.0115 e. The zero-order chi connectivity index (χ0) is 7.33. The van der Waals surface area contributed by atoms with E-state index in [0.29, 0.717) is 0 Å². The van der Waals surface area contributed by atoms with Gasteiger partial charge in [0.15, 0.2) is 0 Å². The zero-order valence-electron chi connectivity index (χ0n) is 6.81. The van der Waals surface area contributed by atoms with Crippen molar-refractivity contribution < 1.29 is 0 Å². The smallest absolute Gasteiger partial charge is 0.0115 e. The summed E-state index contributed by atoms with van der Waals surface area (Å²) >= 11 is 0. The van der Waals surface area contributed by atoms with Crippen LogP contribution < -0.4 is 5.14 Å². The van der Waals surface area contributed by atoms with E-state index in [0.717, 1.165) is 0 Å². The molecule has 0 heterocycles. The van der Waals surface area contributed by atoms with Crippen molar-refractivity contribution in [3.63, 3.8) is 0 Å². The first-order valence-corrected chi connectivity index (χ1v) is 5.93. The monoisotopic (exact) mass is 149 g/mol. The molecule has 58 valence electrons. The Kier molecular flexibility index (Phi) is 4.32.